The van der Waals surface area contributed by atoms with Gasteiger partial charge in [-0.15, -0.1) is 0 Å². The number of phenolic OH excluding ortho intramolecular Hbond substituents is 1. The van der Waals surface area contributed by atoms with Gasteiger partial charge in [-0.25, -0.2) is 4.39 Å². The average Bonchev–Trinajstić information content (AvgIpc) is 3.34. The molecule has 1 heterocycles. The molecule has 3 aromatic carbocycles. The van der Waals surface area contributed by atoms with E-state index in [1.165, 1.54) is 18.2 Å². The van der Waals surface area contributed by atoms with Crippen molar-refractivity contribution in [2.75, 3.05) is 6.54 Å². The minimum Gasteiger partial charge on any atom is -0.508 e. The summed E-state index contributed by atoms with van der Waals surface area (Å²) in [5.41, 5.74) is 2.63. The van der Waals surface area contributed by atoms with Gasteiger partial charge in [-0.05, 0) is 61.2 Å². The van der Waals surface area contributed by atoms with Crippen molar-refractivity contribution in [1.82, 2.24) is 15.5 Å². The summed E-state index contributed by atoms with van der Waals surface area (Å²) in [5.74, 6) is -2.16. The first-order valence-corrected chi connectivity index (χ1v) is 14.2. The number of aryl methyl sites for hydroxylation is 1. The zero-order valence-electron chi connectivity index (χ0n) is 23.1. The fourth-order valence-corrected chi connectivity index (χ4v) is 5.76. The summed E-state index contributed by atoms with van der Waals surface area (Å²) in [6.45, 7) is 3.02. The Morgan fingerprint density at radius 1 is 1.07 bits per heavy atom. The van der Waals surface area contributed by atoms with E-state index in [0.717, 1.165) is 16.0 Å². The number of carbonyl (C=O) groups excluding carboxylic acids is 3. The van der Waals surface area contributed by atoms with Gasteiger partial charge in [-0.1, -0.05) is 59.6 Å². The number of hydrogen-bond acceptors (Lipinski definition) is 5. The molecule has 1 aliphatic heterocycles. The zero-order valence-corrected chi connectivity index (χ0v) is 24.6. The summed E-state index contributed by atoms with van der Waals surface area (Å²) in [6, 6.07) is 14.4. The van der Waals surface area contributed by atoms with E-state index in [0.29, 0.717) is 21.2 Å². The lowest BCUT2D eigenvalue weighted by Gasteiger charge is -2.30. The zero-order chi connectivity index (χ0) is 30.6. The number of amides is 3. The van der Waals surface area contributed by atoms with Crippen LogP contribution in [-0.4, -0.2) is 63.7 Å². The predicted molar refractivity (Wildman–Crippen MR) is 158 cm³/mol. The van der Waals surface area contributed by atoms with E-state index in [1.807, 2.05) is 6.07 Å². The number of benzene rings is 3. The summed E-state index contributed by atoms with van der Waals surface area (Å²) >= 11 is 12.3. The van der Waals surface area contributed by atoms with Gasteiger partial charge in [-0.3, -0.25) is 14.4 Å². The molecule has 1 saturated heterocycles. The summed E-state index contributed by atoms with van der Waals surface area (Å²) in [6.07, 6.45) is -3.43. The van der Waals surface area contributed by atoms with Crippen molar-refractivity contribution >= 4 is 40.9 Å². The molecular weight excluding hydrogens is 584 g/mol. The average molecular weight is 617 g/mol. The van der Waals surface area contributed by atoms with Crippen LogP contribution in [0.15, 0.2) is 60.7 Å². The molecule has 3 amide bonds. The number of likely N-dealkylation sites (tertiary alicyclic amines) is 1. The van der Waals surface area contributed by atoms with Gasteiger partial charge >= 0.3 is 0 Å². The molecule has 0 spiro atoms. The van der Waals surface area contributed by atoms with Crippen LogP contribution < -0.4 is 10.6 Å². The molecule has 0 saturated carbocycles. The second kappa shape index (κ2) is 13.5. The minimum atomic E-state index is -1.79. The number of phenols is 1. The van der Waals surface area contributed by atoms with Crippen LogP contribution in [0.2, 0.25) is 10.0 Å². The molecule has 4 atom stereocenters. The van der Waals surface area contributed by atoms with Gasteiger partial charge in [0.2, 0.25) is 5.91 Å². The molecule has 3 aromatic rings. The van der Waals surface area contributed by atoms with Crippen molar-refractivity contribution in [3.63, 3.8) is 0 Å². The topological polar surface area (TPSA) is 119 Å². The Kier molecular flexibility index (Phi) is 10.1. The van der Waals surface area contributed by atoms with E-state index >= 15 is 0 Å². The number of aliphatic hydroxyl groups excluding tert-OH is 1. The molecule has 0 unspecified atom stereocenters. The number of carbonyl (C=O) groups is 3. The van der Waals surface area contributed by atoms with Gasteiger partial charge < -0.3 is 25.7 Å². The molecule has 0 bridgehead atoms. The molecule has 0 aromatic heterocycles. The maximum Gasteiger partial charge on any atom is 0.254 e. The fraction of sp³-hybridized carbons (Fsp3) is 0.323. The van der Waals surface area contributed by atoms with Crippen LogP contribution in [0, 0.1) is 13.8 Å². The first kappa shape index (κ1) is 31.3. The highest BCUT2D eigenvalue weighted by atomic mass is 35.5. The van der Waals surface area contributed by atoms with Crippen LogP contribution in [0.5, 0.6) is 5.75 Å². The minimum absolute atomic E-state index is 0.0364. The number of aliphatic hydroxyl groups is 1. The van der Waals surface area contributed by atoms with Crippen molar-refractivity contribution in [3.8, 4) is 5.75 Å². The predicted octanol–water partition coefficient (Wildman–Crippen LogP) is 4.27. The third-order valence-electron chi connectivity index (χ3n) is 7.46. The number of alkyl halides is 1. The van der Waals surface area contributed by atoms with Gasteiger partial charge in [-0.2, -0.15) is 0 Å². The monoisotopic (exact) mass is 615 g/mol. The van der Waals surface area contributed by atoms with Gasteiger partial charge in [0.1, 0.15) is 18.0 Å². The van der Waals surface area contributed by atoms with Gasteiger partial charge in [0, 0.05) is 34.1 Å². The van der Waals surface area contributed by atoms with Gasteiger partial charge in [0.15, 0.2) is 6.10 Å². The third kappa shape index (κ3) is 7.21. The molecule has 8 nitrogen and oxygen atoms in total. The van der Waals surface area contributed by atoms with E-state index in [2.05, 4.69) is 10.6 Å². The Bertz CT molecular complexity index is 1450. The van der Waals surface area contributed by atoms with Crippen molar-refractivity contribution in [3.05, 3.63) is 98.5 Å². The van der Waals surface area contributed by atoms with Gasteiger partial charge in [0.25, 0.3) is 11.8 Å². The van der Waals surface area contributed by atoms with E-state index < -0.39 is 42.1 Å². The molecule has 11 heteroatoms. The Morgan fingerprint density at radius 2 is 1.79 bits per heavy atom. The van der Waals surface area contributed by atoms with Crippen molar-refractivity contribution in [2.45, 2.75) is 57.6 Å². The lowest BCUT2D eigenvalue weighted by molar-refractivity contribution is -0.146. The van der Waals surface area contributed by atoms with Crippen LogP contribution in [0.4, 0.5) is 4.39 Å². The highest BCUT2D eigenvalue weighted by molar-refractivity contribution is 6.35. The number of halogens is 3. The number of aromatic hydroxyl groups is 1. The first-order chi connectivity index (χ1) is 20.0. The molecule has 1 fully saturated rings. The molecule has 1 aliphatic rings. The van der Waals surface area contributed by atoms with Crippen molar-refractivity contribution in [2.24, 2.45) is 0 Å². The SMILES string of the molecule is Cc1cc(Cl)cc(Cl)c1CNC(=O)[C@@H]1C[C@@H](F)CN1C(=O)[C@@H](O)[C@H](Cc1ccccc1)NC(=O)c1cccc(O)c1C. The highest BCUT2D eigenvalue weighted by Gasteiger charge is 2.43. The third-order valence-corrected chi connectivity index (χ3v) is 8.01. The normalized spacial score (nSPS) is 17.9. The maximum absolute atomic E-state index is 14.6. The highest BCUT2D eigenvalue weighted by Crippen LogP contribution is 2.27. The standard InChI is InChI=1S/C31H32Cl2FN3O5/c1-17-11-20(32)13-24(33)23(17)15-35-30(41)26-14-21(34)16-37(26)31(42)28(39)25(12-19-7-4-3-5-8-19)36-29(40)22-9-6-10-27(38)18(22)2/h3-11,13,21,25-26,28,38-39H,12,14-16H2,1-2H3,(H,35,41)(H,36,40)/t21-,25+,26+,28+/m1/s1. The largest absolute Gasteiger partial charge is 0.508 e. The smallest absolute Gasteiger partial charge is 0.254 e. The van der Waals surface area contributed by atoms with E-state index in [-0.39, 0.29) is 37.2 Å². The molecule has 4 N–H and O–H groups in total. The van der Waals surface area contributed by atoms with Crippen molar-refractivity contribution < 1.29 is 29.0 Å². The molecule has 0 radical (unpaired) electrons. The lowest BCUT2D eigenvalue weighted by atomic mass is 9.98. The number of rotatable bonds is 9. The van der Waals surface area contributed by atoms with Gasteiger partial charge in [0.05, 0.1) is 12.6 Å². The summed E-state index contributed by atoms with van der Waals surface area (Å²) in [7, 11) is 0. The van der Waals surface area contributed by atoms with Crippen LogP contribution in [0.1, 0.15) is 39.0 Å². The fourth-order valence-electron chi connectivity index (χ4n) is 5.09. The molecule has 0 aliphatic carbocycles. The first-order valence-electron chi connectivity index (χ1n) is 13.4. The molecule has 42 heavy (non-hydrogen) atoms. The Balaban J connectivity index is 1.53. The number of nitrogens with zero attached hydrogens (tertiary/aromatic N) is 1. The Morgan fingerprint density at radius 3 is 2.48 bits per heavy atom. The summed E-state index contributed by atoms with van der Waals surface area (Å²) in [4.78, 5) is 41.0. The van der Waals surface area contributed by atoms with Crippen LogP contribution >= 0.6 is 23.2 Å². The molecular formula is C31H32Cl2FN3O5. The molecule has 4 rings (SSSR count). The molecule has 222 valence electrons. The Hall–Kier alpha value is -3.66. The second-order valence-electron chi connectivity index (χ2n) is 10.4. The van der Waals surface area contributed by atoms with E-state index in [1.54, 1.807) is 50.2 Å². The van der Waals surface area contributed by atoms with Crippen LogP contribution in [0.25, 0.3) is 0 Å². The van der Waals surface area contributed by atoms with E-state index in [9.17, 15) is 29.0 Å². The maximum atomic E-state index is 14.6. The summed E-state index contributed by atoms with van der Waals surface area (Å²) in [5, 5.41) is 27.6. The van der Waals surface area contributed by atoms with Crippen LogP contribution in [-0.2, 0) is 22.6 Å². The van der Waals surface area contributed by atoms with Crippen LogP contribution in [0.3, 0.4) is 0 Å². The second-order valence-corrected chi connectivity index (χ2v) is 11.2. The van der Waals surface area contributed by atoms with E-state index in [4.69, 9.17) is 23.2 Å². The number of nitrogens with one attached hydrogen (secondary N) is 2. The summed E-state index contributed by atoms with van der Waals surface area (Å²) < 4.78 is 14.6. The number of hydrogen-bond donors (Lipinski definition) is 4. The quantitative estimate of drug-likeness (QED) is 0.287. The Labute approximate surface area is 253 Å². The lowest BCUT2D eigenvalue weighted by Crippen LogP contribution is -2.55. The van der Waals surface area contributed by atoms with Crippen molar-refractivity contribution in [1.29, 1.82) is 0 Å².